The third-order valence-corrected chi connectivity index (χ3v) is 6.97. The van der Waals surface area contributed by atoms with Crippen LogP contribution in [0.5, 0.6) is 0 Å². The Morgan fingerprint density at radius 2 is 2.04 bits per heavy atom. The number of aromatic nitrogens is 1. The lowest BCUT2D eigenvalue weighted by Gasteiger charge is -2.30. The highest BCUT2D eigenvalue weighted by molar-refractivity contribution is 7.89. The van der Waals surface area contributed by atoms with Gasteiger partial charge in [-0.25, -0.2) is 13.4 Å². The number of sulfonamides is 1. The van der Waals surface area contributed by atoms with Crippen molar-refractivity contribution in [2.24, 2.45) is 5.92 Å². The Balaban J connectivity index is 1.87. The molecule has 144 valence electrons. The summed E-state index contributed by atoms with van der Waals surface area (Å²) in [5.41, 5.74) is 0.180. The van der Waals surface area contributed by atoms with Gasteiger partial charge in [-0.15, -0.1) is 0 Å². The SMILES string of the molecule is CC1CCCN(S(=O)(=O)c2cc(C(=O)Nc3ccc(Cl)cn3)ccc2Cl)C1. The van der Waals surface area contributed by atoms with E-state index in [4.69, 9.17) is 23.2 Å². The first kappa shape index (κ1) is 20.1. The molecular weight excluding hydrogens is 409 g/mol. The van der Waals surface area contributed by atoms with Crippen molar-refractivity contribution in [2.45, 2.75) is 24.7 Å². The van der Waals surface area contributed by atoms with Crippen molar-refractivity contribution >= 4 is 45.0 Å². The zero-order valence-electron chi connectivity index (χ0n) is 14.7. The van der Waals surface area contributed by atoms with Gasteiger partial charge in [-0.3, -0.25) is 4.79 Å². The Bertz CT molecular complexity index is 949. The molecule has 3 rings (SSSR count). The zero-order valence-corrected chi connectivity index (χ0v) is 17.0. The maximum atomic E-state index is 13.0. The van der Waals surface area contributed by atoms with Crippen LogP contribution in [0.2, 0.25) is 10.0 Å². The van der Waals surface area contributed by atoms with Gasteiger partial charge in [0, 0.05) is 24.8 Å². The molecule has 1 aromatic carbocycles. The van der Waals surface area contributed by atoms with E-state index in [0.717, 1.165) is 12.8 Å². The second-order valence-electron chi connectivity index (χ2n) is 6.57. The number of piperidine rings is 1. The van der Waals surface area contributed by atoms with Gasteiger partial charge in [-0.05, 0) is 49.1 Å². The van der Waals surface area contributed by atoms with Crippen molar-refractivity contribution in [3.8, 4) is 0 Å². The van der Waals surface area contributed by atoms with E-state index < -0.39 is 15.9 Å². The van der Waals surface area contributed by atoms with Gasteiger partial charge in [0.2, 0.25) is 10.0 Å². The average Bonchev–Trinajstić information content (AvgIpc) is 2.63. The first-order chi connectivity index (χ1) is 12.8. The van der Waals surface area contributed by atoms with Crippen LogP contribution < -0.4 is 5.32 Å². The third-order valence-electron chi connectivity index (χ3n) is 4.40. The summed E-state index contributed by atoms with van der Waals surface area (Å²) >= 11 is 11.9. The minimum Gasteiger partial charge on any atom is -0.307 e. The maximum Gasteiger partial charge on any atom is 0.256 e. The minimum absolute atomic E-state index is 0.0602. The van der Waals surface area contributed by atoms with Crippen molar-refractivity contribution in [1.82, 2.24) is 9.29 Å². The van der Waals surface area contributed by atoms with Gasteiger partial charge < -0.3 is 5.32 Å². The van der Waals surface area contributed by atoms with Gasteiger partial charge in [0.15, 0.2) is 0 Å². The van der Waals surface area contributed by atoms with Crippen LogP contribution in [0.1, 0.15) is 30.1 Å². The van der Waals surface area contributed by atoms with E-state index >= 15 is 0 Å². The molecule has 1 fully saturated rings. The summed E-state index contributed by atoms with van der Waals surface area (Å²) in [7, 11) is -3.77. The molecule has 1 aliphatic heterocycles. The van der Waals surface area contributed by atoms with E-state index in [1.807, 2.05) is 6.92 Å². The molecule has 2 aromatic rings. The summed E-state index contributed by atoms with van der Waals surface area (Å²) in [6.45, 7) is 2.92. The highest BCUT2D eigenvalue weighted by Gasteiger charge is 2.30. The van der Waals surface area contributed by atoms with Gasteiger partial charge >= 0.3 is 0 Å². The number of carbonyl (C=O) groups excluding carboxylic acids is 1. The number of rotatable bonds is 4. The van der Waals surface area contributed by atoms with E-state index in [2.05, 4.69) is 10.3 Å². The second kappa shape index (κ2) is 8.14. The predicted octanol–water partition coefficient (Wildman–Crippen LogP) is 4.06. The average molecular weight is 428 g/mol. The predicted molar refractivity (Wildman–Crippen MR) is 106 cm³/mol. The summed E-state index contributed by atoms with van der Waals surface area (Å²) in [6.07, 6.45) is 3.21. The molecule has 0 aliphatic carbocycles. The van der Waals surface area contributed by atoms with Crippen LogP contribution in [-0.4, -0.2) is 36.7 Å². The summed E-state index contributed by atoms with van der Waals surface area (Å²) in [5.74, 6) is 0.119. The molecule has 6 nitrogen and oxygen atoms in total. The standard InChI is InChI=1S/C18H19Cl2N3O3S/c1-12-3-2-8-23(11-12)27(25,26)16-9-13(4-6-15(16)20)18(24)22-17-7-5-14(19)10-21-17/h4-7,9-10,12H,2-3,8,11H2,1H3,(H,21,22,24). The number of carbonyl (C=O) groups is 1. The smallest absolute Gasteiger partial charge is 0.256 e. The lowest BCUT2D eigenvalue weighted by molar-refractivity contribution is 0.102. The van der Waals surface area contributed by atoms with Gasteiger partial charge in [-0.2, -0.15) is 4.31 Å². The Kier molecular flexibility index (Phi) is 6.05. The summed E-state index contributed by atoms with van der Waals surface area (Å²) in [5, 5.41) is 3.15. The number of hydrogen-bond donors (Lipinski definition) is 1. The number of nitrogens with zero attached hydrogens (tertiary/aromatic N) is 2. The summed E-state index contributed by atoms with van der Waals surface area (Å²) in [4.78, 5) is 16.4. The van der Waals surface area contributed by atoms with Crippen molar-refractivity contribution in [1.29, 1.82) is 0 Å². The first-order valence-electron chi connectivity index (χ1n) is 8.50. The van der Waals surface area contributed by atoms with Crippen molar-refractivity contribution in [3.05, 3.63) is 52.1 Å². The first-order valence-corrected chi connectivity index (χ1v) is 10.7. The van der Waals surface area contributed by atoms with Crippen LogP contribution in [0.25, 0.3) is 0 Å². The highest BCUT2D eigenvalue weighted by atomic mass is 35.5. The lowest BCUT2D eigenvalue weighted by Crippen LogP contribution is -2.39. The number of benzene rings is 1. The molecule has 2 heterocycles. The zero-order chi connectivity index (χ0) is 19.6. The Morgan fingerprint density at radius 3 is 2.70 bits per heavy atom. The molecule has 1 aliphatic rings. The van der Waals surface area contributed by atoms with Crippen LogP contribution in [0.3, 0.4) is 0 Å². The number of amides is 1. The molecule has 0 spiro atoms. The molecule has 1 aromatic heterocycles. The Morgan fingerprint density at radius 1 is 1.26 bits per heavy atom. The molecule has 1 saturated heterocycles. The molecule has 0 bridgehead atoms. The van der Waals surface area contributed by atoms with Gasteiger partial charge in [-0.1, -0.05) is 30.1 Å². The molecular formula is C18H19Cl2N3O3S. The van der Waals surface area contributed by atoms with E-state index in [1.165, 1.54) is 28.7 Å². The monoisotopic (exact) mass is 427 g/mol. The van der Waals surface area contributed by atoms with Crippen molar-refractivity contribution in [3.63, 3.8) is 0 Å². The van der Waals surface area contributed by atoms with Gasteiger partial charge in [0.05, 0.1) is 10.0 Å². The Hall–Kier alpha value is -1.67. The molecule has 0 saturated carbocycles. The fourth-order valence-corrected chi connectivity index (χ4v) is 5.19. The maximum absolute atomic E-state index is 13.0. The molecule has 1 atom stereocenters. The number of anilines is 1. The number of hydrogen-bond acceptors (Lipinski definition) is 4. The molecule has 1 unspecified atom stereocenters. The van der Waals surface area contributed by atoms with Crippen molar-refractivity contribution in [2.75, 3.05) is 18.4 Å². The van der Waals surface area contributed by atoms with Gasteiger partial charge in [0.25, 0.3) is 5.91 Å². The molecule has 9 heteroatoms. The van der Waals surface area contributed by atoms with E-state index in [-0.39, 0.29) is 21.4 Å². The lowest BCUT2D eigenvalue weighted by atomic mass is 10.0. The fourth-order valence-electron chi connectivity index (χ4n) is 2.98. The van der Waals surface area contributed by atoms with Crippen LogP contribution in [0, 0.1) is 5.92 Å². The largest absolute Gasteiger partial charge is 0.307 e. The normalized spacial score (nSPS) is 18.3. The fraction of sp³-hybridized carbons (Fsp3) is 0.333. The van der Waals surface area contributed by atoms with E-state index in [0.29, 0.717) is 23.9 Å². The number of nitrogens with one attached hydrogen (secondary N) is 1. The highest BCUT2D eigenvalue weighted by Crippen LogP contribution is 2.29. The summed E-state index contributed by atoms with van der Waals surface area (Å²) < 4.78 is 27.4. The van der Waals surface area contributed by atoms with Crippen LogP contribution in [0.15, 0.2) is 41.4 Å². The third kappa shape index (κ3) is 4.60. The second-order valence-corrected chi connectivity index (χ2v) is 9.32. The van der Waals surface area contributed by atoms with E-state index in [1.54, 1.807) is 12.1 Å². The topological polar surface area (TPSA) is 79.4 Å². The molecule has 1 amide bonds. The summed E-state index contributed by atoms with van der Waals surface area (Å²) in [6, 6.07) is 7.36. The van der Waals surface area contributed by atoms with Crippen LogP contribution in [-0.2, 0) is 10.0 Å². The molecule has 0 radical (unpaired) electrons. The minimum atomic E-state index is -3.77. The molecule has 1 N–H and O–H groups in total. The number of pyridine rings is 1. The van der Waals surface area contributed by atoms with Crippen LogP contribution >= 0.6 is 23.2 Å². The van der Waals surface area contributed by atoms with Crippen LogP contribution in [0.4, 0.5) is 5.82 Å². The number of halogens is 2. The quantitative estimate of drug-likeness (QED) is 0.797. The van der Waals surface area contributed by atoms with E-state index in [9.17, 15) is 13.2 Å². The van der Waals surface area contributed by atoms with Gasteiger partial charge in [0.1, 0.15) is 10.7 Å². The Labute approximate surface area is 168 Å². The van der Waals surface area contributed by atoms with Crippen molar-refractivity contribution < 1.29 is 13.2 Å². The molecule has 27 heavy (non-hydrogen) atoms.